The molecule has 0 bridgehead atoms. The molecule has 1 aromatic heterocycles. The van der Waals surface area contributed by atoms with Crippen LogP contribution in [0, 0.1) is 0 Å². The molecule has 142 valence electrons. The number of rotatable bonds is 7. The lowest BCUT2D eigenvalue weighted by Gasteiger charge is -2.24. The number of amides is 1. The molecule has 1 rings (SSSR count). The molecule has 6 nitrogen and oxygen atoms in total. The summed E-state index contributed by atoms with van der Waals surface area (Å²) in [4.78, 5) is 17.0. The maximum absolute atomic E-state index is 12.3. The topological polar surface area (TPSA) is 77.0 Å². The molecule has 0 spiro atoms. The van der Waals surface area contributed by atoms with Crippen LogP contribution in [-0.4, -0.2) is 61.3 Å². The number of aliphatic imine (C=N–C) groups is 1. The van der Waals surface area contributed by atoms with E-state index in [1.807, 2.05) is 18.4 Å². The van der Waals surface area contributed by atoms with Gasteiger partial charge in [-0.25, -0.2) is 4.99 Å². The van der Waals surface area contributed by atoms with Crippen LogP contribution in [-0.2, 0) is 10.4 Å². The fourth-order valence-electron chi connectivity index (χ4n) is 1.89. The van der Waals surface area contributed by atoms with Gasteiger partial charge in [0.05, 0.1) is 6.54 Å². The van der Waals surface area contributed by atoms with Crippen molar-refractivity contribution in [3.05, 3.63) is 22.4 Å². The molecule has 1 atom stereocenters. The summed E-state index contributed by atoms with van der Waals surface area (Å²) >= 11 is 1.40. The number of likely N-dealkylation sites (N-methyl/N-ethyl adjacent to an activating group) is 1. The van der Waals surface area contributed by atoms with E-state index < -0.39 is 30.8 Å². The fraction of sp³-hybridized carbons (Fsp3) is 0.600. The summed E-state index contributed by atoms with van der Waals surface area (Å²) in [6.45, 7) is 2.33. The van der Waals surface area contributed by atoms with Gasteiger partial charge in [-0.15, -0.1) is 11.3 Å². The van der Waals surface area contributed by atoms with Crippen molar-refractivity contribution < 1.29 is 23.1 Å². The van der Waals surface area contributed by atoms with Gasteiger partial charge in [0.2, 0.25) is 5.91 Å². The first-order chi connectivity index (χ1) is 11.5. The van der Waals surface area contributed by atoms with E-state index in [1.165, 1.54) is 11.3 Å². The predicted octanol–water partition coefficient (Wildman–Crippen LogP) is 1.53. The van der Waals surface area contributed by atoms with E-state index in [-0.39, 0.29) is 12.5 Å². The first-order valence-electron chi connectivity index (χ1n) is 7.64. The number of nitrogens with zero attached hydrogens (tertiary/aromatic N) is 2. The fourth-order valence-corrected chi connectivity index (χ4v) is 2.68. The SMILES string of the molecule is CCNC(=NCC(=O)N(C)CC(F)(F)F)NCC(C)(O)c1cccs1. The Morgan fingerprint density at radius 1 is 1.40 bits per heavy atom. The summed E-state index contributed by atoms with van der Waals surface area (Å²) in [5.41, 5.74) is -1.14. The van der Waals surface area contributed by atoms with Crippen molar-refractivity contribution >= 4 is 23.2 Å². The zero-order valence-corrected chi connectivity index (χ0v) is 15.2. The Labute approximate surface area is 148 Å². The molecule has 1 amide bonds. The van der Waals surface area contributed by atoms with Gasteiger partial charge in [-0.05, 0) is 25.3 Å². The first kappa shape index (κ1) is 21.2. The standard InChI is InChI=1S/C15H23F3N4O2S/c1-4-19-13(20-8-12(23)22(3)10-15(16,17)18)21-9-14(2,24)11-6-5-7-25-11/h5-7,24H,4,8-10H2,1-3H3,(H2,19,20,21). The number of thiophene rings is 1. The molecule has 1 heterocycles. The molecule has 3 N–H and O–H groups in total. The monoisotopic (exact) mass is 380 g/mol. The van der Waals surface area contributed by atoms with Crippen LogP contribution in [0.5, 0.6) is 0 Å². The number of alkyl halides is 3. The summed E-state index contributed by atoms with van der Waals surface area (Å²) in [5.74, 6) is -0.507. The highest BCUT2D eigenvalue weighted by atomic mass is 32.1. The van der Waals surface area contributed by atoms with Crippen molar-refractivity contribution in [2.24, 2.45) is 4.99 Å². The molecule has 0 aliphatic rings. The second-order valence-corrected chi connectivity index (χ2v) is 6.61. The van der Waals surface area contributed by atoms with Crippen molar-refractivity contribution in [1.82, 2.24) is 15.5 Å². The number of nitrogens with one attached hydrogen (secondary N) is 2. The van der Waals surface area contributed by atoms with E-state index in [9.17, 15) is 23.1 Å². The minimum Gasteiger partial charge on any atom is -0.383 e. The third-order valence-corrected chi connectivity index (χ3v) is 4.33. The van der Waals surface area contributed by atoms with Crippen molar-refractivity contribution in [1.29, 1.82) is 0 Å². The third kappa shape index (κ3) is 7.74. The van der Waals surface area contributed by atoms with Gasteiger partial charge >= 0.3 is 6.18 Å². The summed E-state index contributed by atoms with van der Waals surface area (Å²) < 4.78 is 36.9. The van der Waals surface area contributed by atoms with Crippen LogP contribution >= 0.6 is 11.3 Å². The average Bonchev–Trinajstić information content (AvgIpc) is 3.03. The molecular formula is C15H23F3N4O2S. The van der Waals surface area contributed by atoms with E-state index in [1.54, 1.807) is 13.0 Å². The second-order valence-electron chi connectivity index (χ2n) is 5.66. The zero-order valence-electron chi connectivity index (χ0n) is 14.4. The average molecular weight is 380 g/mol. The number of carbonyl (C=O) groups is 1. The third-order valence-electron chi connectivity index (χ3n) is 3.21. The first-order valence-corrected chi connectivity index (χ1v) is 8.52. The van der Waals surface area contributed by atoms with Gasteiger partial charge in [0, 0.05) is 18.5 Å². The van der Waals surface area contributed by atoms with Crippen molar-refractivity contribution in [2.75, 3.05) is 33.2 Å². The lowest BCUT2D eigenvalue weighted by molar-refractivity contribution is -0.157. The van der Waals surface area contributed by atoms with Crippen molar-refractivity contribution in [2.45, 2.75) is 25.6 Å². The molecule has 0 aliphatic heterocycles. The summed E-state index contributed by atoms with van der Waals surface area (Å²) in [7, 11) is 1.08. The van der Waals surface area contributed by atoms with Gasteiger partial charge in [0.1, 0.15) is 18.7 Å². The number of guanidine groups is 1. The zero-order chi connectivity index (χ0) is 19.1. The normalized spacial score (nSPS) is 14.8. The van der Waals surface area contributed by atoms with Crippen LogP contribution in [0.25, 0.3) is 0 Å². The van der Waals surface area contributed by atoms with Crippen LogP contribution in [0.3, 0.4) is 0 Å². The Morgan fingerprint density at radius 3 is 2.60 bits per heavy atom. The van der Waals surface area contributed by atoms with Crippen molar-refractivity contribution in [3.63, 3.8) is 0 Å². The predicted molar refractivity (Wildman–Crippen MR) is 91.6 cm³/mol. The molecular weight excluding hydrogens is 357 g/mol. The number of hydrogen-bond donors (Lipinski definition) is 3. The molecule has 0 aliphatic carbocycles. The molecule has 10 heteroatoms. The van der Waals surface area contributed by atoms with E-state index >= 15 is 0 Å². The molecule has 1 unspecified atom stereocenters. The Balaban J connectivity index is 2.63. The Hall–Kier alpha value is -1.81. The maximum atomic E-state index is 12.3. The molecule has 0 saturated heterocycles. The number of aliphatic hydroxyl groups is 1. The largest absolute Gasteiger partial charge is 0.406 e. The highest BCUT2D eigenvalue weighted by Gasteiger charge is 2.31. The minimum atomic E-state index is -4.45. The number of hydrogen-bond acceptors (Lipinski definition) is 4. The van der Waals surface area contributed by atoms with Gasteiger partial charge in [0.15, 0.2) is 5.96 Å². The summed E-state index contributed by atoms with van der Waals surface area (Å²) in [6.07, 6.45) is -4.45. The van der Waals surface area contributed by atoms with E-state index in [2.05, 4.69) is 15.6 Å². The van der Waals surface area contributed by atoms with Gasteiger partial charge in [0.25, 0.3) is 0 Å². The van der Waals surface area contributed by atoms with Crippen LogP contribution < -0.4 is 10.6 Å². The van der Waals surface area contributed by atoms with Crippen molar-refractivity contribution in [3.8, 4) is 0 Å². The lowest BCUT2D eigenvalue weighted by atomic mass is 10.1. The molecule has 0 fully saturated rings. The lowest BCUT2D eigenvalue weighted by Crippen LogP contribution is -2.45. The Kier molecular flexibility index (Phi) is 7.68. The quantitative estimate of drug-likeness (QED) is 0.495. The summed E-state index contributed by atoms with van der Waals surface area (Å²) in [6, 6.07) is 3.62. The highest BCUT2D eigenvalue weighted by Crippen LogP contribution is 2.24. The molecule has 0 aromatic carbocycles. The molecule has 0 saturated carbocycles. The van der Waals surface area contributed by atoms with Crippen LogP contribution in [0.2, 0.25) is 0 Å². The van der Waals surface area contributed by atoms with Crippen LogP contribution in [0.1, 0.15) is 18.7 Å². The summed E-state index contributed by atoms with van der Waals surface area (Å²) in [5, 5.41) is 18.1. The van der Waals surface area contributed by atoms with Gasteiger partial charge < -0.3 is 20.6 Å². The van der Waals surface area contributed by atoms with E-state index in [0.717, 1.165) is 11.9 Å². The molecule has 1 aromatic rings. The Bertz CT molecular complexity index is 574. The second kappa shape index (κ2) is 9.04. The highest BCUT2D eigenvalue weighted by molar-refractivity contribution is 7.10. The van der Waals surface area contributed by atoms with Gasteiger partial charge in [-0.2, -0.15) is 13.2 Å². The smallest absolute Gasteiger partial charge is 0.383 e. The van der Waals surface area contributed by atoms with Crippen LogP contribution in [0.4, 0.5) is 13.2 Å². The Morgan fingerprint density at radius 2 is 2.08 bits per heavy atom. The molecule has 0 radical (unpaired) electrons. The molecule has 25 heavy (non-hydrogen) atoms. The minimum absolute atomic E-state index is 0.131. The number of carbonyl (C=O) groups excluding carboxylic acids is 1. The van der Waals surface area contributed by atoms with Gasteiger partial charge in [-0.3, -0.25) is 4.79 Å². The van der Waals surface area contributed by atoms with Gasteiger partial charge in [-0.1, -0.05) is 6.07 Å². The maximum Gasteiger partial charge on any atom is 0.406 e. The van der Waals surface area contributed by atoms with Crippen LogP contribution in [0.15, 0.2) is 22.5 Å². The van der Waals surface area contributed by atoms with E-state index in [4.69, 9.17) is 0 Å². The number of halogens is 3. The van der Waals surface area contributed by atoms with E-state index in [0.29, 0.717) is 11.4 Å².